The molecule has 0 saturated heterocycles. The van der Waals surface area contributed by atoms with E-state index in [0.717, 1.165) is 40.9 Å². The Hall–Kier alpha value is -4.50. The molecule has 9 nitrogen and oxygen atoms in total. The number of amides is 1. The van der Waals surface area contributed by atoms with Crippen LogP contribution in [0.15, 0.2) is 73.6 Å². The second-order valence-corrected chi connectivity index (χ2v) is 8.80. The molecule has 2 aromatic carbocycles. The molecule has 0 unspecified atom stereocenters. The number of anilines is 4. The molecule has 0 aliphatic carbocycles. The third kappa shape index (κ3) is 6.20. The largest absolute Gasteiger partial charge is 0.494 e. The first-order valence-corrected chi connectivity index (χ1v) is 11.8. The van der Waals surface area contributed by atoms with Crippen LogP contribution < -0.4 is 20.3 Å². The van der Waals surface area contributed by atoms with E-state index in [0.29, 0.717) is 23.1 Å². The van der Waals surface area contributed by atoms with Gasteiger partial charge in [-0.05, 0) is 44.4 Å². The highest BCUT2D eigenvalue weighted by molar-refractivity contribution is 6.02. The molecule has 0 radical (unpaired) electrons. The second kappa shape index (κ2) is 11.5. The molecular formula is C28H31N7O2. The van der Waals surface area contributed by atoms with Crippen LogP contribution in [0.1, 0.15) is 0 Å². The molecule has 0 atom stereocenters. The van der Waals surface area contributed by atoms with Crippen LogP contribution in [-0.2, 0) is 4.79 Å². The SMILES string of the molecule is C=CC(=O)Nc1cc(Nc2nccc(-c3cnc4ccccc4c3)n2)c(OC)cc1N(C)CCN(C)C. The number of rotatable bonds is 10. The molecule has 4 aromatic rings. The van der Waals surface area contributed by atoms with Gasteiger partial charge in [-0.3, -0.25) is 9.78 Å². The Bertz CT molecular complexity index is 1420. The number of nitrogens with one attached hydrogen (secondary N) is 2. The minimum atomic E-state index is -0.305. The Labute approximate surface area is 216 Å². The molecular weight excluding hydrogens is 466 g/mol. The van der Waals surface area contributed by atoms with Crippen molar-refractivity contribution in [2.75, 3.05) is 56.9 Å². The zero-order valence-electron chi connectivity index (χ0n) is 21.5. The number of ether oxygens (including phenoxy) is 1. The number of methoxy groups -OCH3 is 1. The zero-order chi connectivity index (χ0) is 26.4. The lowest BCUT2D eigenvalue weighted by molar-refractivity contribution is -0.111. The first kappa shape index (κ1) is 25.6. The molecule has 37 heavy (non-hydrogen) atoms. The summed E-state index contributed by atoms with van der Waals surface area (Å²) < 4.78 is 5.69. The summed E-state index contributed by atoms with van der Waals surface area (Å²) in [6, 6.07) is 15.5. The smallest absolute Gasteiger partial charge is 0.247 e. The fourth-order valence-electron chi connectivity index (χ4n) is 3.82. The molecule has 2 aromatic heterocycles. The van der Waals surface area contributed by atoms with Crippen molar-refractivity contribution in [3.63, 3.8) is 0 Å². The maximum Gasteiger partial charge on any atom is 0.247 e. The Kier molecular flexibility index (Phi) is 7.95. The van der Waals surface area contributed by atoms with Gasteiger partial charge in [-0.2, -0.15) is 0 Å². The average molecular weight is 498 g/mol. The summed E-state index contributed by atoms with van der Waals surface area (Å²) in [5, 5.41) is 7.18. The van der Waals surface area contributed by atoms with Crippen molar-refractivity contribution in [1.82, 2.24) is 19.9 Å². The van der Waals surface area contributed by atoms with Gasteiger partial charge in [0.05, 0.1) is 35.4 Å². The number of hydrogen-bond donors (Lipinski definition) is 2. The third-order valence-electron chi connectivity index (χ3n) is 5.84. The number of para-hydroxylation sites is 1. The zero-order valence-corrected chi connectivity index (χ0v) is 21.5. The minimum Gasteiger partial charge on any atom is -0.494 e. The van der Waals surface area contributed by atoms with Gasteiger partial charge in [0.1, 0.15) is 5.75 Å². The topological polar surface area (TPSA) is 95.5 Å². The number of carbonyl (C=O) groups is 1. The quantitative estimate of drug-likeness (QED) is 0.308. The van der Waals surface area contributed by atoms with Crippen molar-refractivity contribution in [3.8, 4) is 17.0 Å². The van der Waals surface area contributed by atoms with E-state index in [-0.39, 0.29) is 5.91 Å². The number of pyridine rings is 1. The maximum absolute atomic E-state index is 12.2. The lowest BCUT2D eigenvalue weighted by Crippen LogP contribution is -2.29. The van der Waals surface area contributed by atoms with E-state index in [2.05, 4.69) is 43.0 Å². The first-order valence-electron chi connectivity index (χ1n) is 11.8. The number of hydrogen-bond acceptors (Lipinski definition) is 8. The highest BCUT2D eigenvalue weighted by atomic mass is 16.5. The van der Waals surface area contributed by atoms with Crippen LogP contribution in [0.5, 0.6) is 5.75 Å². The van der Waals surface area contributed by atoms with Crippen molar-refractivity contribution >= 4 is 39.8 Å². The Morgan fingerprint density at radius 3 is 2.62 bits per heavy atom. The maximum atomic E-state index is 12.2. The molecule has 2 heterocycles. The normalized spacial score (nSPS) is 10.8. The van der Waals surface area contributed by atoms with E-state index in [9.17, 15) is 4.79 Å². The van der Waals surface area contributed by atoms with Crippen LogP contribution in [0.2, 0.25) is 0 Å². The molecule has 0 spiro atoms. The van der Waals surface area contributed by atoms with Gasteiger partial charge < -0.3 is 25.2 Å². The van der Waals surface area contributed by atoms with E-state index in [1.54, 1.807) is 19.5 Å². The molecule has 0 aliphatic rings. The van der Waals surface area contributed by atoms with Crippen molar-refractivity contribution in [1.29, 1.82) is 0 Å². The van der Waals surface area contributed by atoms with Crippen LogP contribution >= 0.6 is 0 Å². The molecule has 0 aliphatic heterocycles. The Balaban J connectivity index is 1.67. The van der Waals surface area contributed by atoms with Crippen molar-refractivity contribution in [3.05, 3.63) is 73.6 Å². The average Bonchev–Trinajstić information content (AvgIpc) is 2.91. The number of nitrogens with zero attached hydrogens (tertiary/aromatic N) is 5. The number of carbonyl (C=O) groups excluding carboxylic acids is 1. The van der Waals surface area contributed by atoms with Gasteiger partial charge in [0.15, 0.2) is 0 Å². The fourth-order valence-corrected chi connectivity index (χ4v) is 3.82. The number of aromatic nitrogens is 3. The minimum absolute atomic E-state index is 0.305. The molecule has 0 fully saturated rings. The lowest BCUT2D eigenvalue weighted by Gasteiger charge is -2.26. The van der Waals surface area contributed by atoms with E-state index in [1.807, 2.05) is 63.6 Å². The van der Waals surface area contributed by atoms with Crippen molar-refractivity contribution in [2.24, 2.45) is 0 Å². The summed E-state index contributed by atoms with van der Waals surface area (Å²) in [5.74, 6) is 0.670. The molecule has 190 valence electrons. The predicted molar refractivity (Wildman–Crippen MR) is 150 cm³/mol. The molecule has 4 rings (SSSR count). The predicted octanol–water partition coefficient (Wildman–Crippen LogP) is 4.57. The fraction of sp³-hybridized carbons (Fsp3) is 0.214. The lowest BCUT2D eigenvalue weighted by atomic mass is 10.1. The van der Waals surface area contributed by atoms with Gasteiger partial charge in [0, 0.05) is 49.5 Å². The molecule has 1 amide bonds. The van der Waals surface area contributed by atoms with Crippen LogP contribution in [-0.4, -0.2) is 67.1 Å². The van der Waals surface area contributed by atoms with Crippen LogP contribution in [0.3, 0.4) is 0 Å². The van der Waals surface area contributed by atoms with Gasteiger partial charge in [0.2, 0.25) is 11.9 Å². The second-order valence-electron chi connectivity index (χ2n) is 8.80. The van der Waals surface area contributed by atoms with Crippen LogP contribution in [0, 0.1) is 0 Å². The molecule has 0 bridgehead atoms. The van der Waals surface area contributed by atoms with E-state index in [4.69, 9.17) is 9.72 Å². The highest BCUT2D eigenvalue weighted by Crippen LogP contribution is 2.38. The van der Waals surface area contributed by atoms with Crippen LogP contribution in [0.4, 0.5) is 23.0 Å². The summed E-state index contributed by atoms with van der Waals surface area (Å²) in [6.45, 7) is 5.17. The summed E-state index contributed by atoms with van der Waals surface area (Å²) >= 11 is 0. The van der Waals surface area contributed by atoms with E-state index >= 15 is 0 Å². The van der Waals surface area contributed by atoms with E-state index < -0.39 is 0 Å². The monoisotopic (exact) mass is 497 g/mol. The van der Waals surface area contributed by atoms with Gasteiger partial charge in [-0.15, -0.1) is 0 Å². The highest BCUT2D eigenvalue weighted by Gasteiger charge is 2.17. The summed E-state index contributed by atoms with van der Waals surface area (Å²) in [7, 11) is 7.61. The first-order chi connectivity index (χ1) is 17.9. The number of likely N-dealkylation sites (N-methyl/N-ethyl adjacent to an activating group) is 2. The number of benzene rings is 2. The van der Waals surface area contributed by atoms with Crippen LogP contribution in [0.25, 0.3) is 22.2 Å². The molecule has 0 saturated carbocycles. The van der Waals surface area contributed by atoms with Gasteiger partial charge in [-0.25, -0.2) is 9.97 Å². The Morgan fingerprint density at radius 1 is 1.05 bits per heavy atom. The summed E-state index contributed by atoms with van der Waals surface area (Å²) in [4.78, 5) is 30.0. The number of fused-ring (bicyclic) bond motifs is 1. The van der Waals surface area contributed by atoms with E-state index in [1.165, 1.54) is 6.08 Å². The Morgan fingerprint density at radius 2 is 1.86 bits per heavy atom. The van der Waals surface area contributed by atoms with Gasteiger partial charge in [0.25, 0.3) is 0 Å². The third-order valence-corrected chi connectivity index (χ3v) is 5.84. The van der Waals surface area contributed by atoms with Gasteiger partial charge >= 0.3 is 0 Å². The molecule has 2 N–H and O–H groups in total. The van der Waals surface area contributed by atoms with Crippen molar-refractivity contribution < 1.29 is 9.53 Å². The summed E-state index contributed by atoms with van der Waals surface area (Å²) in [6.07, 6.45) is 4.73. The van der Waals surface area contributed by atoms with Gasteiger partial charge in [-0.1, -0.05) is 24.8 Å². The summed E-state index contributed by atoms with van der Waals surface area (Å²) in [5.41, 5.74) is 4.58. The molecule has 9 heteroatoms. The van der Waals surface area contributed by atoms with Crippen molar-refractivity contribution in [2.45, 2.75) is 0 Å². The standard InChI is InChI=1S/C28H31N7O2/c1-6-27(36)31-23-16-24(26(37-5)17-25(23)35(4)14-13-34(2)3)33-28-29-12-11-22(32-28)20-15-19-9-7-8-10-21(19)30-18-20/h6-12,15-18H,1,13-14H2,2-5H3,(H,31,36)(H,29,32,33).